The highest BCUT2D eigenvalue weighted by Crippen LogP contribution is 2.45. The van der Waals surface area contributed by atoms with E-state index in [9.17, 15) is 4.79 Å². The molecule has 2 bridgehead atoms. The number of aromatic nitrogens is 1. The maximum atomic E-state index is 12.9. The lowest BCUT2D eigenvalue weighted by Crippen LogP contribution is -2.47. The number of nitrogens with zero attached hydrogens (tertiary/aromatic N) is 1. The van der Waals surface area contributed by atoms with Gasteiger partial charge in [-0.2, -0.15) is 0 Å². The van der Waals surface area contributed by atoms with E-state index in [1.54, 1.807) is 0 Å². The van der Waals surface area contributed by atoms with Crippen LogP contribution in [0.3, 0.4) is 0 Å². The van der Waals surface area contributed by atoms with Crippen molar-refractivity contribution in [2.24, 2.45) is 5.41 Å². The van der Waals surface area contributed by atoms with E-state index in [1.165, 1.54) is 6.42 Å². The number of hydrogen-bond acceptors (Lipinski definition) is 4. The van der Waals surface area contributed by atoms with Gasteiger partial charge in [0.05, 0.1) is 17.0 Å². The maximum Gasteiger partial charge on any atom is 0.228 e. The molecule has 0 radical (unpaired) electrons. The van der Waals surface area contributed by atoms with Gasteiger partial charge in [0.1, 0.15) is 5.69 Å². The van der Waals surface area contributed by atoms with Crippen LogP contribution in [0, 0.1) is 5.41 Å². The molecule has 4 rings (SSSR count). The molecule has 1 amide bonds. The number of halogens is 2. The Balaban J connectivity index is 0.00000196. The molecular weight excluding hydrogens is 373 g/mol. The van der Waals surface area contributed by atoms with Gasteiger partial charge in [-0.1, -0.05) is 35.8 Å². The van der Waals surface area contributed by atoms with Crippen molar-refractivity contribution in [2.45, 2.75) is 51.2 Å². The Morgan fingerprint density at radius 1 is 1.42 bits per heavy atom. The first kappa shape index (κ1) is 19.2. The van der Waals surface area contributed by atoms with Gasteiger partial charge in [0, 0.05) is 23.7 Å². The van der Waals surface area contributed by atoms with Crippen molar-refractivity contribution in [1.82, 2.24) is 15.8 Å². The lowest BCUT2D eigenvalue weighted by molar-refractivity contribution is -0.132. The van der Waals surface area contributed by atoms with Crippen molar-refractivity contribution in [3.8, 4) is 11.3 Å². The van der Waals surface area contributed by atoms with Gasteiger partial charge in [-0.15, -0.1) is 12.4 Å². The molecule has 3 heterocycles. The number of rotatable bonds is 5. The molecule has 2 aliphatic rings. The van der Waals surface area contributed by atoms with Gasteiger partial charge in [0.2, 0.25) is 5.91 Å². The third kappa shape index (κ3) is 3.24. The molecule has 2 saturated heterocycles. The van der Waals surface area contributed by atoms with Crippen LogP contribution in [0.15, 0.2) is 34.9 Å². The summed E-state index contributed by atoms with van der Waals surface area (Å²) in [5.41, 5.74) is 1.22. The Labute approximate surface area is 164 Å². The molecule has 3 atom stereocenters. The Bertz CT molecular complexity index is 795. The summed E-state index contributed by atoms with van der Waals surface area (Å²) in [6, 6.07) is 10.1. The largest absolute Gasteiger partial charge is 0.356 e. The number of fused-ring (bicyclic) bond motifs is 2. The minimum atomic E-state index is -0.280. The first-order valence-electron chi connectivity index (χ1n) is 8.87. The topological polar surface area (TPSA) is 67.2 Å². The summed E-state index contributed by atoms with van der Waals surface area (Å²) in [5, 5.41) is 11.3. The minimum Gasteiger partial charge on any atom is -0.356 e. The Hall–Kier alpha value is -1.56. The van der Waals surface area contributed by atoms with Gasteiger partial charge in [-0.25, -0.2) is 0 Å². The van der Waals surface area contributed by atoms with Gasteiger partial charge < -0.3 is 15.2 Å². The number of amides is 1. The summed E-state index contributed by atoms with van der Waals surface area (Å²) in [5.74, 6) is 0.735. The Kier molecular flexibility index (Phi) is 5.61. The van der Waals surface area contributed by atoms with E-state index in [0.717, 1.165) is 24.8 Å². The minimum absolute atomic E-state index is 0. The predicted molar refractivity (Wildman–Crippen MR) is 103 cm³/mol. The van der Waals surface area contributed by atoms with Crippen molar-refractivity contribution in [2.75, 3.05) is 0 Å². The lowest BCUT2D eigenvalue weighted by atomic mass is 9.71. The van der Waals surface area contributed by atoms with Crippen molar-refractivity contribution in [3.63, 3.8) is 0 Å². The van der Waals surface area contributed by atoms with Crippen LogP contribution in [0.4, 0.5) is 0 Å². The van der Waals surface area contributed by atoms with Crippen LogP contribution < -0.4 is 10.6 Å². The highest BCUT2D eigenvalue weighted by Gasteiger charge is 2.54. The smallest absolute Gasteiger partial charge is 0.228 e. The van der Waals surface area contributed by atoms with Crippen molar-refractivity contribution >= 4 is 29.9 Å². The highest BCUT2D eigenvalue weighted by molar-refractivity contribution is 6.33. The molecule has 0 unspecified atom stereocenters. The Morgan fingerprint density at radius 2 is 2.23 bits per heavy atom. The Morgan fingerprint density at radius 3 is 2.88 bits per heavy atom. The van der Waals surface area contributed by atoms with E-state index in [1.807, 2.05) is 30.3 Å². The van der Waals surface area contributed by atoms with E-state index in [4.69, 9.17) is 16.1 Å². The predicted octanol–water partition coefficient (Wildman–Crippen LogP) is 3.95. The molecule has 1 aromatic carbocycles. The van der Waals surface area contributed by atoms with Gasteiger partial charge >= 0.3 is 0 Å². The van der Waals surface area contributed by atoms with Crippen LogP contribution in [0.2, 0.25) is 5.02 Å². The second-order valence-electron chi connectivity index (χ2n) is 7.05. The van der Waals surface area contributed by atoms with Crippen molar-refractivity contribution in [3.05, 3.63) is 41.0 Å². The van der Waals surface area contributed by atoms with Gasteiger partial charge in [0.25, 0.3) is 0 Å². The zero-order chi connectivity index (χ0) is 17.4. The molecule has 0 spiro atoms. The number of nitrogens with one attached hydrogen (secondary N) is 2. The molecule has 2 fully saturated rings. The average molecular weight is 396 g/mol. The number of benzene rings is 1. The van der Waals surface area contributed by atoms with Crippen LogP contribution in [-0.4, -0.2) is 23.1 Å². The van der Waals surface area contributed by atoms with Crippen LogP contribution >= 0.6 is 24.0 Å². The van der Waals surface area contributed by atoms with E-state index >= 15 is 0 Å². The second kappa shape index (κ2) is 7.59. The molecule has 26 heavy (non-hydrogen) atoms. The van der Waals surface area contributed by atoms with Crippen LogP contribution in [0.5, 0.6) is 0 Å². The molecule has 2 aromatic rings. The summed E-state index contributed by atoms with van der Waals surface area (Å²) in [4.78, 5) is 12.9. The van der Waals surface area contributed by atoms with Gasteiger partial charge in [-0.3, -0.25) is 4.79 Å². The second-order valence-corrected chi connectivity index (χ2v) is 7.46. The first-order valence-corrected chi connectivity index (χ1v) is 9.25. The number of hydrogen-bond donors (Lipinski definition) is 2. The summed E-state index contributed by atoms with van der Waals surface area (Å²) in [7, 11) is 0. The molecule has 1 aromatic heterocycles. The third-order valence-corrected chi connectivity index (χ3v) is 6.06. The third-order valence-electron chi connectivity index (χ3n) is 5.73. The average Bonchev–Trinajstić information content (AvgIpc) is 3.35. The molecule has 0 aliphatic carbocycles. The fraction of sp³-hybridized carbons (Fsp3) is 0.474. The van der Waals surface area contributed by atoms with E-state index in [2.05, 4.69) is 22.7 Å². The standard InChI is InChI=1S/C19H22ClN3O2.ClH/c1-2-19(10-12-7-8-17(19)22-12)18(24)21-11-13-9-16(25-23-13)14-5-3-4-6-15(14)20;/h3-6,9,12,17,22H,2,7-8,10-11H2,1H3,(H,21,24);1H/t12-,17+,19+;/m0./s1. The molecular formula is C19H23Cl2N3O2. The van der Waals surface area contributed by atoms with Crippen molar-refractivity contribution in [1.29, 1.82) is 0 Å². The lowest BCUT2D eigenvalue weighted by Gasteiger charge is -2.34. The zero-order valence-electron chi connectivity index (χ0n) is 14.6. The number of carbonyl (C=O) groups is 1. The van der Waals surface area contributed by atoms with Gasteiger partial charge in [-0.05, 0) is 37.8 Å². The molecule has 2 aliphatic heterocycles. The summed E-state index contributed by atoms with van der Waals surface area (Å²) in [6.07, 6.45) is 4.07. The monoisotopic (exact) mass is 395 g/mol. The fourth-order valence-corrected chi connectivity index (χ4v) is 4.56. The van der Waals surface area contributed by atoms with Crippen LogP contribution in [0.25, 0.3) is 11.3 Å². The summed E-state index contributed by atoms with van der Waals surface area (Å²) >= 11 is 6.19. The highest BCUT2D eigenvalue weighted by atomic mass is 35.5. The normalized spacial score (nSPS) is 26.5. The first-order chi connectivity index (χ1) is 12.1. The number of carbonyl (C=O) groups excluding carboxylic acids is 1. The van der Waals surface area contributed by atoms with Crippen LogP contribution in [0.1, 0.15) is 38.3 Å². The summed E-state index contributed by atoms with van der Waals surface area (Å²) < 4.78 is 5.39. The van der Waals surface area contributed by atoms with Gasteiger partial charge in [0.15, 0.2) is 5.76 Å². The fourth-order valence-electron chi connectivity index (χ4n) is 4.33. The summed E-state index contributed by atoms with van der Waals surface area (Å²) in [6.45, 7) is 2.47. The van der Waals surface area contributed by atoms with E-state index < -0.39 is 0 Å². The zero-order valence-corrected chi connectivity index (χ0v) is 16.2. The van der Waals surface area contributed by atoms with Crippen molar-refractivity contribution < 1.29 is 9.32 Å². The SMILES string of the molecule is CC[C@@]1(C(=O)NCc2cc(-c3ccccc3Cl)on2)C[C@@H]2CC[C@H]1N2.Cl. The molecule has 0 saturated carbocycles. The molecule has 5 nitrogen and oxygen atoms in total. The molecule has 140 valence electrons. The molecule has 7 heteroatoms. The quantitative estimate of drug-likeness (QED) is 0.803. The maximum absolute atomic E-state index is 12.9. The van der Waals surface area contributed by atoms with Crippen LogP contribution in [-0.2, 0) is 11.3 Å². The van der Waals surface area contributed by atoms with E-state index in [-0.39, 0.29) is 23.7 Å². The molecule has 2 N–H and O–H groups in total. The van der Waals surface area contributed by atoms with E-state index in [0.29, 0.717) is 35.1 Å².